The summed E-state index contributed by atoms with van der Waals surface area (Å²) in [5.74, 6) is 1.30. The Hall–Kier alpha value is -4.64. The number of hydrogen-bond donors (Lipinski definition) is 0. The van der Waals surface area contributed by atoms with Gasteiger partial charge >= 0.3 is 5.97 Å². The van der Waals surface area contributed by atoms with E-state index in [0.29, 0.717) is 5.56 Å². The second-order valence-electron chi connectivity index (χ2n) is 8.69. The Morgan fingerprint density at radius 3 is 1.58 bits per heavy atom. The van der Waals surface area contributed by atoms with Crippen LogP contribution in [-0.2, 0) is 4.74 Å². The third-order valence-corrected chi connectivity index (χ3v) is 6.81. The van der Waals surface area contributed by atoms with Crippen LogP contribution in [0.2, 0.25) is 0 Å². The summed E-state index contributed by atoms with van der Waals surface area (Å²) in [5.41, 5.74) is 3.61. The summed E-state index contributed by atoms with van der Waals surface area (Å²) in [6.07, 6.45) is 0. The van der Waals surface area contributed by atoms with Crippen molar-refractivity contribution in [2.45, 2.75) is 0 Å². The Balaban J connectivity index is 1.74. The van der Waals surface area contributed by atoms with Crippen LogP contribution >= 0.6 is 0 Å². The van der Waals surface area contributed by atoms with Crippen molar-refractivity contribution in [1.29, 1.82) is 0 Å². The van der Waals surface area contributed by atoms with Gasteiger partial charge in [0.2, 0.25) is 16.7 Å². The van der Waals surface area contributed by atoms with E-state index in [-0.39, 0.29) is 5.97 Å². The second-order valence-corrected chi connectivity index (χ2v) is 8.69. The van der Waals surface area contributed by atoms with E-state index < -0.39 is 0 Å². The lowest BCUT2D eigenvalue weighted by molar-refractivity contribution is -0.537. The molecule has 0 aliphatic heterocycles. The minimum Gasteiger partial charge on any atom is -0.497 e. The molecule has 1 aromatic heterocycles. The fourth-order valence-corrected chi connectivity index (χ4v) is 5.00. The average molecular weight is 475 g/mol. The van der Waals surface area contributed by atoms with Gasteiger partial charge in [-0.2, -0.15) is 4.57 Å². The molecular weight excluding hydrogens is 450 g/mol. The van der Waals surface area contributed by atoms with Gasteiger partial charge < -0.3 is 14.2 Å². The van der Waals surface area contributed by atoms with Gasteiger partial charge in [0.25, 0.3) is 0 Å². The molecule has 0 radical (unpaired) electrons. The van der Waals surface area contributed by atoms with Crippen molar-refractivity contribution >= 4 is 49.3 Å². The summed E-state index contributed by atoms with van der Waals surface area (Å²) in [5, 5.41) is 6.75. The smallest absolute Gasteiger partial charge is 0.337 e. The number of ether oxygens (including phenoxy) is 3. The molecule has 5 aromatic carbocycles. The van der Waals surface area contributed by atoms with Crippen LogP contribution in [0.15, 0.2) is 91.0 Å². The van der Waals surface area contributed by atoms with E-state index in [1.807, 2.05) is 24.3 Å². The van der Waals surface area contributed by atoms with Crippen LogP contribution in [0.5, 0.6) is 11.5 Å². The molecule has 0 aliphatic rings. The molecule has 5 heteroatoms. The Labute approximate surface area is 208 Å². The summed E-state index contributed by atoms with van der Waals surface area (Å²) >= 11 is 0. The van der Waals surface area contributed by atoms with Gasteiger partial charge in [0.1, 0.15) is 11.5 Å². The zero-order valence-corrected chi connectivity index (χ0v) is 20.2. The van der Waals surface area contributed by atoms with E-state index in [1.54, 1.807) is 26.4 Å². The zero-order valence-electron chi connectivity index (χ0n) is 20.2. The molecule has 6 rings (SSSR count). The lowest BCUT2D eigenvalue weighted by atomic mass is 9.98. The van der Waals surface area contributed by atoms with Gasteiger partial charge in [-0.05, 0) is 88.3 Å². The van der Waals surface area contributed by atoms with Crippen molar-refractivity contribution in [3.05, 3.63) is 96.6 Å². The maximum absolute atomic E-state index is 12.0. The lowest BCUT2D eigenvalue weighted by Crippen LogP contribution is -2.32. The second kappa shape index (κ2) is 8.54. The first-order valence-corrected chi connectivity index (χ1v) is 11.7. The molecule has 6 aromatic rings. The minimum absolute atomic E-state index is 0.353. The summed E-state index contributed by atoms with van der Waals surface area (Å²) < 4.78 is 18.1. The number of pyridine rings is 1. The molecule has 1 heterocycles. The first-order chi connectivity index (χ1) is 17.6. The molecular formula is C31H24NO4+. The van der Waals surface area contributed by atoms with E-state index in [2.05, 4.69) is 59.2 Å². The number of methoxy groups -OCH3 is 3. The standard InChI is InChI=1S/C31H24NO4/c1-34-23-10-12-25-20(16-23)6-14-29-27(25)18-28-26-13-11-24(35-2)17-21(26)7-15-30(28)32(29)22-8-4-19(5-9-22)31(33)36-3/h4-18H,1-3H3/q+1. The highest BCUT2D eigenvalue weighted by Crippen LogP contribution is 2.33. The summed E-state index contributed by atoms with van der Waals surface area (Å²) in [6, 6.07) is 30.7. The number of carbonyl (C=O) groups excluding carboxylic acids is 1. The number of fused-ring (bicyclic) bond motifs is 6. The van der Waals surface area contributed by atoms with Gasteiger partial charge in [-0.15, -0.1) is 0 Å². The topological polar surface area (TPSA) is 48.6 Å². The first-order valence-electron chi connectivity index (χ1n) is 11.7. The van der Waals surface area contributed by atoms with Crippen molar-refractivity contribution < 1.29 is 23.6 Å². The van der Waals surface area contributed by atoms with Gasteiger partial charge in [0, 0.05) is 24.3 Å². The van der Waals surface area contributed by atoms with Crippen molar-refractivity contribution in [1.82, 2.24) is 0 Å². The van der Waals surface area contributed by atoms with Crippen LogP contribution < -0.4 is 14.0 Å². The third kappa shape index (κ3) is 3.40. The number of rotatable bonds is 4. The SMILES string of the molecule is COC(=O)c1ccc(-[n+]2c3ccc4cc(OC)ccc4c3cc3c4ccc(OC)cc4ccc32)cc1. The van der Waals surface area contributed by atoms with Crippen molar-refractivity contribution in [3.63, 3.8) is 0 Å². The zero-order chi connectivity index (χ0) is 24.8. The monoisotopic (exact) mass is 474 g/mol. The number of carbonyl (C=O) groups is 1. The van der Waals surface area contributed by atoms with Crippen LogP contribution in [0.3, 0.4) is 0 Å². The number of aromatic nitrogens is 1. The Morgan fingerprint density at radius 1 is 0.583 bits per heavy atom. The Kier molecular flexibility index (Phi) is 5.19. The predicted octanol–water partition coefficient (Wildman–Crippen LogP) is 6.38. The largest absolute Gasteiger partial charge is 0.497 e. The number of esters is 1. The molecule has 0 bridgehead atoms. The highest BCUT2D eigenvalue weighted by molar-refractivity contribution is 6.13. The van der Waals surface area contributed by atoms with Gasteiger partial charge in [-0.3, -0.25) is 0 Å². The minimum atomic E-state index is -0.353. The molecule has 0 fully saturated rings. The molecule has 0 unspecified atom stereocenters. The van der Waals surface area contributed by atoms with Crippen molar-refractivity contribution in [2.75, 3.05) is 21.3 Å². The first kappa shape index (κ1) is 21.9. The number of hydrogen-bond acceptors (Lipinski definition) is 4. The quantitative estimate of drug-likeness (QED) is 0.129. The van der Waals surface area contributed by atoms with Crippen LogP contribution in [0.1, 0.15) is 10.4 Å². The lowest BCUT2D eigenvalue weighted by Gasteiger charge is -2.11. The third-order valence-electron chi connectivity index (χ3n) is 6.81. The highest BCUT2D eigenvalue weighted by atomic mass is 16.5. The molecule has 36 heavy (non-hydrogen) atoms. The van der Waals surface area contributed by atoms with Gasteiger partial charge in [0.05, 0.1) is 37.7 Å². The average Bonchev–Trinajstić information content (AvgIpc) is 2.94. The van der Waals surface area contributed by atoms with Crippen LogP contribution in [0.25, 0.3) is 49.0 Å². The van der Waals surface area contributed by atoms with Crippen LogP contribution in [-0.4, -0.2) is 27.3 Å². The summed E-state index contributed by atoms with van der Waals surface area (Å²) in [7, 11) is 4.76. The van der Waals surface area contributed by atoms with E-state index >= 15 is 0 Å². The molecule has 5 nitrogen and oxygen atoms in total. The van der Waals surface area contributed by atoms with E-state index in [0.717, 1.165) is 60.5 Å². The molecule has 0 N–H and O–H groups in total. The maximum atomic E-state index is 12.0. The molecule has 0 spiro atoms. The van der Waals surface area contributed by atoms with Crippen LogP contribution in [0.4, 0.5) is 0 Å². The van der Waals surface area contributed by atoms with Crippen molar-refractivity contribution in [3.8, 4) is 17.2 Å². The van der Waals surface area contributed by atoms with Gasteiger partial charge in [-0.25, -0.2) is 4.79 Å². The molecule has 0 amide bonds. The Bertz CT molecular complexity index is 1700. The van der Waals surface area contributed by atoms with Gasteiger partial charge in [-0.1, -0.05) is 0 Å². The van der Waals surface area contributed by atoms with Crippen molar-refractivity contribution in [2.24, 2.45) is 0 Å². The Morgan fingerprint density at radius 2 is 1.11 bits per heavy atom. The molecule has 176 valence electrons. The van der Waals surface area contributed by atoms with E-state index in [9.17, 15) is 4.79 Å². The maximum Gasteiger partial charge on any atom is 0.337 e. The van der Waals surface area contributed by atoms with E-state index in [4.69, 9.17) is 14.2 Å². The number of benzene rings is 5. The molecule has 0 saturated carbocycles. The molecule has 0 saturated heterocycles. The summed E-state index contributed by atoms with van der Waals surface area (Å²) in [4.78, 5) is 12.0. The normalized spacial score (nSPS) is 11.3. The predicted molar refractivity (Wildman–Crippen MR) is 142 cm³/mol. The summed E-state index contributed by atoms with van der Waals surface area (Å²) in [6.45, 7) is 0. The molecule has 0 atom stereocenters. The van der Waals surface area contributed by atoms with Gasteiger partial charge in [0.15, 0.2) is 0 Å². The number of nitrogens with zero attached hydrogens (tertiary/aromatic N) is 1. The van der Waals surface area contributed by atoms with E-state index in [1.165, 1.54) is 7.11 Å². The highest BCUT2D eigenvalue weighted by Gasteiger charge is 2.22. The fourth-order valence-electron chi connectivity index (χ4n) is 5.00. The van der Waals surface area contributed by atoms with Crippen LogP contribution in [0, 0.1) is 0 Å². The molecule has 0 aliphatic carbocycles. The fraction of sp³-hybridized carbons (Fsp3) is 0.0968.